The Balaban J connectivity index is 1.80. The molecule has 0 saturated heterocycles. The maximum absolute atomic E-state index is 6.25. The van der Waals surface area contributed by atoms with Crippen LogP contribution < -0.4 is 0 Å². The Morgan fingerprint density at radius 1 is 1.06 bits per heavy atom. The summed E-state index contributed by atoms with van der Waals surface area (Å²) in [6.07, 6.45) is 5.97. The number of hydrogen-bond donors (Lipinski definition) is 0. The minimum Gasteiger partial charge on any atom is -0.375 e. The highest BCUT2D eigenvalue weighted by Gasteiger charge is 2.43. The van der Waals surface area contributed by atoms with E-state index in [1.54, 1.807) is 0 Å². The van der Waals surface area contributed by atoms with Gasteiger partial charge in [0.15, 0.2) is 0 Å². The molecule has 0 aromatic heterocycles. The van der Waals surface area contributed by atoms with Crippen LogP contribution in [0, 0.1) is 11.8 Å². The number of alkyl halides is 1. The lowest BCUT2D eigenvalue weighted by Crippen LogP contribution is -2.52. The summed E-state index contributed by atoms with van der Waals surface area (Å²) < 4.78 is 12.0. The Morgan fingerprint density at radius 3 is 2.24 bits per heavy atom. The molecule has 0 amide bonds. The molecular weight excluding hydrogens is 280 g/mol. The van der Waals surface area contributed by atoms with Gasteiger partial charge in [0.2, 0.25) is 0 Å². The molecule has 2 rings (SSSR count). The lowest BCUT2D eigenvalue weighted by Gasteiger charge is -2.44. The zero-order chi connectivity index (χ0) is 12.4. The molecule has 2 aliphatic rings. The van der Waals surface area contributed by atoms with Crippen molar-refractivity contribution in [2.75, 3.05) is 6.61 Å². The fraction of sp³-hybridized carbons (Fsp3) is 1.00. The van der Waals surface area contributed by atoms with Gasteiger partial charge >= 0.3 is 0 Å². The fourth-order valence-electron chi connectivity index (χ4n) is 3.30. The van der Waals surface area contributed by atoms with Crippen molar-refractivity contribution in [1.29, 1.82) is 0 Å². The molecule has 0 aromatic carbocycles. The van der Waals surface area contributed by atoms with E-state index in [0.29, 0.717) is 17.0 Å². The summed E-state index contributed by atoms with van der Waals surface area (Å²) in [6.45, 7) is 7.53. The Bertz CT molecular complexity index is 236. The standard InChI is InChI=1S/C14H25BrO2/c1-4-16-14-12(15)8-13(14)17-11-6-9(2)5-10(3)7-11/h9-14H,4-8H2,1-3H3. The minimum absolute atomic E-state index is 0.271. The maximum atomic E-state index is 6.25. The minimum atomic E-state index is 0.271. The van der Waals surface area contributed by atoms with E-state index in [2.05, 4.69) is 36.7 Å². The van der Waals surface area contributed by atoms with Gasteiger partial charge in [-0.15, -0.1) is 0 Å². The lowest BCUT2D eigenvalue weighted by atomic mass is 9.81. The summed E-state index contributed by atoms with van der Waals surface area (Å²) in [6, 6.07) is 0. The van der Waals surface area contributed by atoms with Crippen LogP contribution in [0.1, 0.15) is 46.5 Å². The van der Waals surface area contributed by atoms with E-state index in [4.69, 9.17) is 9.47 Å². The van der Waals surface area contributed by atoms with Crippen LogP contribution in [0.5, 0.6) is 0 Å². The summed E-state index contributed by atoms with van der Waals surface area (Å²) >= 11 is 3.65. The second-order valence-corrected chi connectivity index (χ2v) is 7.06. The van der Waals surface area contributed by atoms with Crippen LogP contribution in [0.4, 0.5) is 0 Å². The maximum Gasteiger partial charge on any atom is 0.0962 e. The quantitative estimate of drug-likeness (QED) is 0.736. The van der Waals surface area contributed by atoms with Crippen LogP contribution >= 0.6 is 15.9 Å². The van der Waals surface area contributed by atoms with Crippen LogP contribution in [-0.2, 0) is 9.47 Å². The molecule has 0 spiro atoms. The van der Waals surface area contributed by atoms with E-state index in [9.17, 15) is 0 Å². The van der Waals surface area contributed by atoms with E-state index < -0.39 is 0 Å². The van der Waals surface area contributed by atoms with Crippen molar-refractivity contribution in [3.8, 4) is 0 Å². The third kappa shape index (κ3) is 3.45. The Labute approximate surface area is 114 Å². The van der Waals surface area contributed by atoms with E-state index in [1.165, 1.54) is 19.3 Å². The summed E-state index contributed by atoms with van der Waals surface area (Å²) in [4.78, 5) is 0.492. The van der Waals surface area contributed by atoms with Gasteiger partial charge in [-0.1, -0.05) is 29.8 Å². The third-order valence-electron chi connectivity index (χ3n) is 4.04. The van der Waals surface area contributed by atoms with E-state index in [-0.39, 0.29) is 6.10 Å². The molecule has 2 saturated carbocycles. The van der Waals surface area contributed by atoms with Crippen molar-refractivity contribution in [2.45, 2.75) is 69.6 Å². The van der Waals surface area contributed by atoms with Gasteiger partial charge in [-0.25, -0.2) is 0 Å². The molecule has 3 heteroatoms. The largest absolute Gasteiger partial charge is 0.375 e. The molecule has 5 unspecified atom stereocenters. The molecular formula is C14H25BrO2. The summed E-state index contributed by atoms with van der Waals surface area (Å²) in [5.74, 6) is 1.63. The highest BCUT2D eigenvalue weighted by Crippen LogP contribution is 2.37. The highest BCUT2D eigenvalue weighted by atomic mass is 79.9. The van der Waals surface area contributed by atoms with Crippen molar-refractivity contribution in [3.05, 3.63) is 0 Å². The third-order valence-corrected chi connectivity index (χ3v) is 4.94. The van der Waals surface area contributed by atoms with Gasteiger partial charge in [-0.3, -0.25) is 0 Å². The lowest BCUT2D eigenvalue weighted by molar-refractivity contribution is -0.155. The number of halogens is 1. The van der Waals surface area contributed by atoms with Gasteiger partial charge < -0.3 is 9.47 Å². The molecule has 2 nitrogen and oxygen atoms in total. The average Bonchev–Trinajstić information content (AvgIpc) is 2.24. The summed E-state index contributed by atoms with van der Waals surface area (Å²) in [5.41, 5.74) is 0. The molecule has 0 aliphatic heterocycles. The smallest absolute Gasteiger partial charge is 0.0962 e. The molecule has 5 atom stereocenters. The van der Waals surface area contributed by atoms with Gasteiger partial charge in [0.05, 0.1) is 18.3 Å². The Morgan fingerprint density at radius 2 is 1.71 bits per heavy atom. The first-order valence-corrected chi connectivity index (χ1v) is 7.92. The first kappa shape index (κ1) is 13.8. The van der Waals surface area contributed by atoms with Crippen LogP contribution in [0.15, 0.2) is 0 Å². The molecule has 2 fully saturated rings. The molecule has 0 N–H and O–H groups in total. The normalized spacial score (nSPS) is 46.6. The molecule has 0 radical (unpaired) electrons. The number of hydrogen-bond acceptors (Lipinski definition) is 2. The summed E-state index contributed by atoms with van der Waals surface area (Å²) in [5, 5.41) is 0. The van der Waals surface area contributed by atoms with Crippen LogP contribution in [0.3, 0.4) is 0 Å². The van der Waals surface area contributed by atoms with Crippen molar-refractivity contribution in [2.24, 2.45) is 11.8 Å². The zero-order valence-electron chi connectivity index (χ0n) is 11.2. The molecule has 0 bridgehead atoms. The van der Waals surface area contributed by atoms with Crippen molar-refractivity contribution in [1.82, 2.24) is 0 Å². The predicted molar refractivity (Wildman–Crippen MR) is 73.6 cm³/mol. The average molecular weight is 305 g/mol. The number of rotatable bonds is 4. The predicted octanol–water partition coefficient (Wildman–Crippen LogP) is 3.77. The molecule has 2 aliphatic carbocycles. The second-order valence-electron chi connectivity index (χ2n) is 5.89. The van der Waals surface area contributed by atoms with E-state index in [0.717, 1.165) is 24.9 Å². The molecule has 17 heavy (non-hydrogen) atoms. The Hall–Kier alpha value is 0.400. The van der Waals surface area contributed by atoms with Gasteiger partial charge in [-0.2, -0.15) is 0 Å². The van der Waals surface area contributed by atoms with E-state index >= 15 is 0 Å². The number of ether oxygens (including phenoxy) is 2. The van der Waals surface area contributed by atoms with Gasteiger partial charge in [0, 0.05) is 11.4 Å². The van der Waals surface area contributed by atoms with Crippen LogP contribution in [-0.4, -0.2) is 29.7 Å². The van der Waals surface area contributed by atoms with Crippen molar-refractivity contribution >= 4 is 15.9 Å². The van der Waals surface area contributed by atoms with Crippen LogP contribution in [0.2, 0.25) is 0 Å². The fourth-order valence-corrected chi connectivity index (χ4v) is 4.16. The van der Waals surface area contributed by atoms with Crippen molar-refractivity contribution in [3.63, 3.8) is 0 Å². The van der Waals surface area contributed by atoms with Crippen LogP contribution in [0.25, 0.3) is 0 Å². The second kappa shape index (κ2) is 6.03. The van der Waals surface area contributed by atoms with Gasteiger partial charge in [0.1, 0.15) is 0 Å². The topological polar surface area (TPSA) is 18.5 Å². The molecule has 0 heterocycles. The zero-order valence-corrected chi connectivity index (χ0v) is 12.8. The highest BCUT2D eigenvalue weighted by molar-refractivity contribution is 9.09. The van der Waals surface area contributed by atoms with E-state index in [1.807, 2.05) is 0 Å². The molecule has 100 valence electrons. The van der Waals surface area contributed by atoms with Gasteiger partial charge in [0.25, 0.3) is 0 Å². The Kier molecular flexibility index (Phi) is 4.90. The monoisotopic (exact) mass is 304 g/mol. The summed E-state index contributed by atoms with van der Waals surface area (Å²) in [7, 11) is 0. The molecule has 0 aromatic rings. The van der Waals surface area contributed by atoms with Gasteiger partial charge in [-0.05, 0) is 44.4 Å². The first-order valence-electron chi connectivity index (χ1n) is 7.01. The SMILES string of the molecule is CCOC1C(Br)CC1OC1CC(C)CC(C)C1. The first-order chi connectivity index (χ1) is 8.10. The van der Waals surface area contributed by atoms with Crippen molar-refractivity contribution < 1.29 is 9.47 Å².